The van der Waals surface area contributed by atoms with Gasteiger partial charge in [-0.25, -0.2) is 14.8 Å². The first-order chi connectivity index (χ1) is 8.81. The zero-order valence-corrected chi connectivity index (χ0v) is 10.8. The summed E-state index contributed by atoms with van der Waals surface area (Å²) in [6.45, 7) is 5.11. The monoisotopic (exact) mass is 262 g/mol. The van der Waals surface area contributed by atoms with Crippen LogP contribution in [0.2, 0.25) is 0 Å². The Bertz CT molecular complexity index is 550. The molecule has 0 aliphatic heterocycles. The lowest BCUT2D eigenvalue weighted by molar-refractivity contribution is 0.0681. The molecule has 1 rings (SSSR count). The van der Waals surface area contributed by atoms with Crippen LogP contribution in [0.1, 0.15) is 41.7 Å². The number of carboxylic acids is 1. The summed E-state index contributed by atoms with van der Waals surface area (Å²) in [6.07, 6.45) is 2.41. The van der Waals surface area contributed by atoms with Crippen LogP contribution in [0.4, 0.5) is 0 Å². The highest BCUT2D eigenvalue weighted by atomic mass is 16.4. The summed E-state index contributed by atoms with van der Waals surface area (Å²) in [5.41, 5.74) is -1.86. The minimum Gasteiger partial charge on any atom is -0.476 e. The van der Waals surface area contributed by atoms with Gasteiger partial charge in [-0.05, 0) is 12.8 Å². The van der Waals surface area contributed by atoms with Gasteiger partial charge in [-0.15, -0.1) is 0 Å². The number of amides is 1. The van der Waals surface area contributed by atoms with Crippen LogP contribution >= 0.6 is 0 Å². The molecule has 19 heavy (non-hydrogen) atoms. The smallest absolute Gasteiger partial charge is 0.356 e. The molecule has 0 saturated heterocycles. The molecule has 1 atom stereocenters. The molecular weight excluding hydrogens is 248 g/mol. The maximum absolute atomic E-state index is 12.0. The molecule has 1 heterocycles. The summed E-state index contributed by atoms with van der Waals surface area (Å²) in [5, 5.41) is 20.5. The van der Waals surface area contributed by atoms with E-state index in [9.17, 15) is 9.59 Å². The molecule has 0 aromatic carbocycles. The molecule has 0 radical (unpaired) electrons. The van der Waals surface area contributed by atoms with Crippen LogP contribution in [0.5, 0.6) is 0 Å². The van der Waals surface area contributed by atoms with Gasteiger partial charge in [0.05, 0.1) is 6.07 Å². The summed E-state index contributed by atoms with van der Waals surface area (Å²) < 4.78 is 0. The molecule has 1 amide bonds. The van der Waals surface area contributed by atoms with Crippen molar-refractivity contribution in [2.75, 3.05) is 0 Å². The van der Waals surface area contributed by atoms with Crippen molar-refractivity contribution in [1.82, 2.24) is 15.3 Å². The number of hydrogen-bond donors (Lipinski definition) is 2. The Kier molecular flexibility index (Phi) is 4.17. The largest absolute Gasteiger partial charge is 0.476 e. The molecule has 1 aromatic heterocycles. The molecule has 1 unspecified atom stereocenters. The van der Waals surface area contributed by atoms with Crippen molar-refractivity contribution in [2.45, 2.75) is 26.3 Å². The quantitative estimate of drug-likeness (QED) is 0.830. The number of aromatic carboxylic acids is 1. The number of rotatable bonds is 4. The Morgan fingerprint density at radius 2 is 1.89 bits per heavy atom. The zero-order valence-electron chi connectivity index (χ0n) is 10.8. The van der Waals surface area contributed by atoms with E-state index < -0.39 is 23.1 Å². The van der Waals surface area contributed by atoms with Gasteiger partial charge in [0.15, 0.2) is 11.4 Å². The maximum Gasteiger partial charge on any atom is 0.356 e. The summed E-state index contributed by atoms with van der Waals surface area (Å²) in [5.74, 6) is -2.23. The maximum atomic E-state index is 12.0. The fourth-order valence-corrected chi connectivity index (χ4v) is 1.26. The molecule has 0 aliphatic carbocycles. The summed E-state index contributed by atoms with van der Waals surface area (Å²) >= 11 is 0. The lowest BCUT2D eigenvalue weighted by Gasteiger charge is -2.27. The third-order valence-electron chi connectivity index (χ3n) is 2.88. The van der Waals surface area contributed by atoms with E-state index in [2.05, 4.69) is 15.3 Å². The Hall–Kier alpha value is -2.49. The van der Waals surface area contributed by atoms with E-state index in [1.54, 1.807) is 20.8 Å². The first kappa shape index (κ1) is 14.6. The van der Waals surface area contributed by atoms with Crippen LogP contribution in [-0.2, 0) is 0 Å². The normalized spacial score (nSPS) is 13.4. The second-order valence-corrected chi connectivity index (χ2v) is 4.48. The lowest BCUT2D eigenvalue weighted by Crippen LogP contribution is -2.49. The van der Waals surface area contributed by atoms with E-state index in [-0.39, 0.29) is 11.6 Å². The minimum absolute atomic E-state index is 0.147. The molecule has 0 saturated carbocycles. The fourth-order valence-electron chi connectivity index (χ4n) is 1.26. The number of hydrogen-bond acceptors (Lipinski definition) is 5. The number of nitrogens with zero attached hydrogens (tertiary/aromatic N) is 3. The van der Waals surface area contributed by atoms with Crippen LogP contribution < -0.4 is 5.32 Å². The van der Waals surface area contributed by atoms with Crippen molar-refractivity contribution >= 4 is 11.9 Å². The summed E-state index contributed by atoms with van der Waals surface area (Å²) in [7, 11) is 0. The number of carbonyl (C=O) groups excluding carboxylic acids is 1. The van der Waals surface area contributed by atoms with Crippen LogP contribution in [0.3, 0.4) is 0 Å². The Morgan fingerprint density at radius 1 is 1.37 bits per heavy atom. The van der Waals surface area contributed by atoms with Gasteiger partial charge in [-0.2, -0.15) is 5.26 Å². The van der Waals surface area contributed by atoms with Gasteiger partial charge in [-0.3, -0.25) is 4.79 Å². The highest BCUT2D eigenvalue weighted by Gasteiger charge is 2.32. The number of nitrogens with one attached hydrogen (secondary N) is 1. The third kappa shape index (κ3) is 3.04. The Labute approximate surface area is 110 Å². The van der Waals surface area contributed by atoms with Gasteiger partial charge in [0.25, 0.3) is 5.91 Å². The van der Waals surface area contributed by atoms with Crippen LogP contribution in [-0.4, -0.2) is 32.5 Å². The third-order valence-corrected chi connectivity index (χ3v) is 2.88. The second-order valence-electron chi connectivity index (χ2n) is 4.48. The minimum atomic E-state index is -1.35. The number of aromatic nitrogens is 2. The van der Waals surface area contributed by atoms with Crippen LogP contribution in [0.25, 0.3) is 0 Å². The molecular formula is C12H14N4O3. The number of nitriles is 1. The molecule has 1 aromatic rings. The van der Waals surface area contributed by atoms with Gasteiger partial charge < -0.3 is 10.4 Å². The molecule has 2 N–H and O–H groups in total. The van der Waals surface area contributed by atoms with Gasteiger partial charge in [-0.1, -0.05) is 13.8 Å². The average molecular weight is 262 g/mol. The van der Waals surface area contributed by atoms with Crippen molar-refractivity contribution in [3.63, 3.8) is 0 Å². The molecule has 0 aliphatic rings. The molecule has 0 bridgehead atoms. The first-order valence-electron chi connectivity index (χ1n) is 5.60. The second kappa shape index (κ2) is 5.44. The predicted octanol–water partition coefficient (Wildman–Crippen LogP) is 0.843. The summed E-state index contributed by atoms with van der Waals surface area (Å²) in [6, 6.07) is 2.00. The van der Waals surface area contributed by atoms with E-state index in [4.69, 9.17) is 10.4 Å². The van der Waals surface area contributed by atoms with E-state index in [1.165, 1.54) is 12.4 Å². The highest BCUT2D eigenvalue weighted by Crippen LogP contribution is 2.16. The first-order valence-corrected chi connectivity index (χ1v) is 5.60. The standard InChI is InChI=1S/C12H14N4O3/c1-7(2)12(3,6-13)16-10(17)8-9(11(18)19)15-5-4-14-8/h4-5,7H,1-3H3,(H,16,17)(H,18,19). The lowest BCUT2D eigenvalue weighted by atomic mass is 9.90. The van der Waals surface area contributed by atoms with E-state index in [0.717, 1.165) is 0 Å². The van der Waals surface area contributed by atoms with Gasteiger partial charge in [0, 0.05) is 12.4 Å². The highest BCUT2D eigenvalue weighted by molar-refractivity contribution is 6.02. The molecule has 7 heteroatoms. The Balaban J connectivity index is 3.10. The van der Waals surface area contributed by atoms with Crippen LogP contribution in [0, 0.1) is 17.2 Å². The molecule has 100 valence electrons. The SMILES string of the molecule is CC(C)C(C)(C#N)NC(=O)c1nccnc1C(=O)O. The predicted molar refractivity (Wildman–Crippen MR) is 65.3 cm³/mol. The zero-order chi connectivity index (χ0) is 14.6. The van der Waals surface area contributed by atoms with E-state index >= 15 is 0 Å². The van der Waals surface area contributed by atoms with Crippen molar-refractivity contribution in [1.29, 1.82) is 5.26 Å². The fraction of sp³-hybridized carbons (Fsp3) is 0.417. The van der Waals surface area contributed by atoms with Crippen LogP contribution in [0.15, 0.2) is 12.4 Å². The van der Waals surface area contributed by atoms with Crippen molar-refractivity contribution in [2.24, 2.45) is 5.92 Å². The molecule has 7 nitrogen and oxygen atoms in total. The van der Waals surface area contributed by atoms with Crippen molar-refractivity contribution < 1.29 is 14.7 Å². The van der Waals surface area contributed by atoms with E-state index in [1.807, 2.05) is 6.07 Å². The van der Waals surface area contributed by atoms with E-state index in [0.29, 0.717) is 0 Å². The number of carbonyl (C=O) groups is 2. The van der Waals surface area contributed by atoms with Crippen molar-refractivity contribution in [3.05, 3.63) is 23.8 Å². The number of carboxylic acid groups (broad SMARTS) is 1. The van der Waals surface area contributed by atoms with Gasteiger partial charge >= 0.3 is 5.97 Å². The topological polar surface area (TPSA) is 116 Å². The summed E-state index contributed by atoms with van der Waals surface area (Å²) in [4.78, 5) is 30.3. The van der Waals surface area contributed by atoms with Gasteiger partial charge in [0.2, 0.25) is 0 Å². The molecule has 0 spiro atoms. The Morgan fingerprint density at radius 3 is 2.32 bits per heavy atom. The van der Waals surface area contributed by atoms with Gasteiger partial charge in [0.1, 0.15) is 5.54 Å². The molecule has 0 fully saturated rings. The van der Waals surface area contributed by atoms with Crippen molar-refractivity contribution in [3.8, 4) is 6.07 Å². The average Bonchev–Trinajstić information content (AvgIpc) is 2.38.